The number of aromatic nitrogens is 2. The van der Waals surface area contributed by atoms with E-state index in [1.54, 1.807) is 0 Å². The molecule has 0 fully saturated rings. The molecule has 10 nitrogen and oxygen atoms in total. The second kappa shape index (κ2) is 5.12. The SMILES string of the molecule is Cn1cnc([N+](=O)[O-])c1N(CC(=O)O)CC(=O)O. The quantitative estimate of drug-likeness (QED) is 0.504. The zero-order valence-corrected chi connectivity index (χ0v) is 9.31. The van der Waals surface area contributed by atoms with Crippen molar-refractivity contribution in [1.82, 2.24) is 9.55 Å². The van der Waals surface area contributed by atoms with Gasteiger partial charge in [-0.15, -0.1) is 0 Å². The standard InChI is InChI=1S/C8H10N4O6/c1-10-4-9-7(12(17)18)8(10)11(2-5(13)14)3-6(15)16/h4H,2-3H2,1H3,(H,13,14)(H,15,16). The summed E-state index contributed by atoms with van der Waals surface area (Å²) in [5, 5.41) is 28.1. The van der Waals surface area contributed by atoms with Gasteiger partial charge in [0.15, 0.2) is 0 Å². The number of nitro groups is 1. The van der Waals surface area contributed by atoms with Crippen LogP contribution in [0.15, 0.2) is 6.33 Å². The highest BCUT2D eigenvalue weighted by atomic mass is 16.6. The number of carbonyl (C=O) groups is 2. The first-order valence-electron chi connectivity index (χ1n) is 4.67. The summed E-state index contributed by atoms with van der Waals surface area (Å²) in [4.78, 5) is 35.6. The molecule has 0 saturated carbocycles. The first-order valence-corrected chi connectivity index (χ1v) is 4.67. The molecule has 10 heteroatoms. The van der Waals surface area contributed by atoms with Crippen LogP contribution in [0, 0.1) is 10.1 Å². The van der Waals surface area contributed by atoms with E-state index in [4.69, 9.17) is 10.2 Å². The molecule has 0 atom stereocenters. The predicted octanol–water partition coefficient (Wildman–Crippen LogP) is -0.696. The molecule has 98 valence electrons. The second-order valence-corrected chi connectivity index (χ2v) is 3.40. The van der Waals surface area contributed by atoms with Crippen LogP contribution in [0.2, 0.25) is 0 Å². The Morgan fingerprint density at radius 3 is 2.33 bits per heavy atom. The first kappa shape index (κ1) is 13.4. The summed E-state index contributed by atoms with van der Waals surface area (Å²) in [6.45, 7) is -1.35. The van der Waals surface area contributed by atoms with Crippen molar-refractivity contribution in [3.63, 3.8) is 0 Å². The maximum absolute atomic E-state index is 10.7. The molecule has 0 unspecified atom stereocenters. The topological polar surface area (TPSA) is 139 Å². The van der Waals surface area contributed by atoms with E-state index in [-0.39, 0.29) is 5.82 Å². The minimum Gasteiger partial charge on any atom is -0.480 e. The Kier molecular flexibility index (Phi) is 3.82. The Morgan fingerprint density at radius 1 is 1.44 bits per heavy atom. The smallest absolute Gasteiger partial charge is 0.406 e. The van der Waals surface area contributed by atoms with E-state index in [1.807, 2.05) is 0 Å². The minimum absolute atomic E-state index is 0.162. The maximum atomic E-state index is 10.7. The third kappa shape index (κ3) is 2.93. The average Bonchev–Trinajstić information content (AvgIpc) is 2.57. The van der Waals surface area contributed by atoms with Gasteiger partial charge in [-0.3, -0.25) is 14.2 Å². The van der Waals surface area contributed by atoms with Gasteiger partial charge >= 0.3 is 17.8 Å². The molecule has 0 aromatic carbocycles. The summed E-state index contributed by atoms with van der Waals surface area (Å²) in [7, 11) is 1.41. The van der Waals surface area contributed by atoms with Gasteiger partial charge in [0.1, 0.15) is 13.1 Å². The van der Waals surface area contributed by atoms with Gasteiger partial charge in [-0.1, -0.05) is 0 Å². The number of carboxylic acid groups (broad SMARTS) is 2. The molecule has 1 aromatic heterocycles. The van der Waals surface area contributed by atoms with Gasteiger partial charge in [0.2, 0.25) is 12.1 Å². The highest BCUT2D eigenvalue weighted by Gasteiger charge is 2.28. The number of hydrogen-bond donors (Lipinski definition) is 2. The van der Waals surface area contributed by atoms with Gasteiger partial charge in [-0.25, -0.2) is 0 Å². The minimum atomic E-state index is -1.30. The molecular formula is C8H10N4O6. The molecule has 0 spiro atoms. The van der Waals surface area contributed by atoms with Crippen molar-refractivity contribution >= 4 is 23.6 Å². The average molecular weight is 258 g/mol. The van der Waals surface area contributed by atoms with Gasteiger partial charge in [-0.05, 0) is 9.91 Å². The van der Waals surface area contributed by atoms with Gasteiger partial charge in [0.05, 0.1) is 0 Å². The summed E-state index contributed by atoms with van der Waals surface area (Å²) in [6.07, 6.45) is 1.12. The van der Waals surface area contributed by atoms with Crippen molar-refractivity contribution in [3.05, 3.63) is 16.4 Å². The van der Waals surface area contributed by atoms with Crippen LogP contribution < -0.4 is 4.90 Å². The highest BCUT2D eigenvalue weighted by molar-refractivity contribution is 5.80. The fraction of sp³-hybridized carbons (Fsp3) is 0.375. The normalized spacial score (nSPS) is 10.1. The molecule has 0 saturated heterocycles. The Morgan fingerprint density at radius 2 is 1.94 bits per heavy atom. The summed E-state index contributed by atoms with van der Waals surface area (Å²) >= 11 is 0. The Bertz CT molecular complexity index is 480. The van der Waals surface area contributed by atoms with Crippen LogP contribution >= 0.6 is 0 Å². The molecule has 1 aromatic rings. The molecule has 18 heavy (non-hydrogen) atoms. The number of imidazole rings is 1. The molecule has 0 aliphatic heterocycles. The lowest BCUT2D eigenvalue weighted by atomic mass is 10.4. The van der Waals surface area contributed by atoms with Crippen molar-refractivity contribution in [1.29, 1.82) is 0 Å². The van der Waals surface area contributed by atoms with Gasteiger partial charge in [-0.2, -0.15) is 0 Å². The number of carboxylic acids is 2. The van der Waals surface area contributed by atoms with E-state index < -0.39 is 35.8 Å². The number of aliphatic carboxylic acids is 2. The van der Waals surface area contributed by atoms with E-state index in [0.29, 0.717) is 0 Å². The summed E-state index contributed by atoms with van der Waals surface area (Å²) in [5.41, 5.74) is 0. The number of hydrogen-bond acceptors (Lipinski definition) is 6. The molecule has 1 heterocycles. The number of anilines is 1. The number of nitrogens with zero attached hydrogens (tertiary/aromatic N) is 4. The summed E-state index contributed by atoms with van der Waals surface area (Å²) in [6, 6.07) is 0. The van der Waals surface area contributed by atoms with E-state index in [2.05, 4.69) is 4.98 Å². The largest absolute Gasteiger partial charge is 0.480 e. The molecule has 0 bridgehead atoms. The van der Waals surface area contributed by atoms with Crippen LogP contribution in [0.25, 0.3) is 0 Å². The van der Waals surface area contributed by atoms with Crippen LogP contribution in [-0.4, -0.2) is 49.7 Å². The molecule has 1 rings (SSSR count). The van der Waals surface area contributed by atoms with Crippen LogP contribution in [0.5, 0.6) is 0 Å². The fourth-order valence-corrected chi connectivity index (χ4v) is 1.44. The van der Waals surface area contributed by atoms with Crippen LogP contribution in [0.1, 0.15) is 0 Å². The molecule has 2 N–H and O–H groups in total. The van der Waals surface area contributed by atoms with Crippen molar-refractivity contribution in [2.75, 3.05) is 18.0 Å². The monoisotopic (exact) mass is 258 g/mol. The third-order valence-corrected chi connectivity index (χ3v) is 2.01. The van der Waals surface area contributed by atoms with Crippen LogP contribution in [0.4, 0.5) is 11.6 Å². The summed E-state index contributed by atoms with van der Waals surface area (Å²) in [5.74, 6) is -3.34. The molecular weight excluding hydrogens is 248 g/mol. The van der Waals surface area contributed by atoms with E-state index >= 15 is 0 Å². The maximum Gasteiger partial charge on any atom is 0.406 e. The lowest BCUT2D eigenvalue weighted by molar-refractivity contribution is -0.388. The number of rotatable bonds is 6. The van der Waals surface area contributed by atoms with Crippen molar-refractivity contribution in [2.45, 2.75) is 0 Å². The lowest BCUT2D eigenvalue weighted by Gasteiger charge is -2.19. The summed E-state index contributed by atoms with van der Waals surface area (Å²) < 4.78 is 1.20. The van der Waals surface area contributed by atoms with E-state index in [1.165, 1.54) is 11.6 Å². The number of aryl methyl sites for hydroxylation is 1. The Labute approximate surface area is 100 Å². The van der Waals surface area contributed by atoms with Crippen molar-refractivity contribution in [2.24, 2.45) is 7.05 Å². The third-order valence-electron chi connectivity index (χ3n) is 2.01. The molecule has 0 amide bonds. The van der Waals surface area contributed by atoms with Crippen molar-refractivity contribution < 1.29 is 24.7 Å². The lowest BCUT2D eigenvalue weighted by Crippen LogP contribution is -2.36. The fourth-order valence-electron chi connectivity index (χ4n) is 1.44. The zero-order chi connectivity index (χ0) is 13.9. The predicted molar refractivity (Wildman–Crippen MR) is 57.3 cm³/mol. The molecule has 0 radical (unpaired) electrons. The molecule has 0 aliphatic rings. The second-order valence-electron chi connectivity index (χ2n) is 3.40. The Hall–Kier alpha value is -2.65. The van der Waals surface area contributed by atoms with E-state index in [9.17, 15) is 19.7 Å². The van der Waals surface area contributed by atoms with Crippen molar-refractivity contribution in [3.8, 4) is 0 Å². The van der Waals surface area contributed by atoms with Gasteiger partial charge in [0, 0.05) is 7.05 Å². The van der Waals surface area contributed by atoms with Crippen LogP contribution in [-0.2, 0) is 16.6 Å². The Balaban J connectivity index is 3.18. The van der Waals surface area contributed by atoms with Gasteiger partial charge < -0.3 is 25.2 Å². The van der Waals surface area contributed by atoms with Gasteiger partial charge in [0.25, 0.3) is 0 Å². The van der Waals surface area contributed by atoms with Crippen LogP contribution in [0.3, 0.4) is 0 Å². The highest BCUT2D eigenvalue weighted by Crippen LogP contribution is 2.25. The zero-order valence-electron chi connectivity index (χ0n) is 9.31. The first-order chi connectivity index (χ1) is 8.32. The van der Waals surface area contributed by atoms with E-state index in [0.717, 1.165) is 11.2 Å². The molecule has 0 aliphatic carbocycles.